The van der Waals surface area contributed by atoms with E-state index in [4.69, 9.17) is 9.47 Å². The molecular weight excluding hydrogens is 1030 g/mol. The summed E-state index contributed by atoms with van der Waals surface area (Å²) in [5, 5.41) is 41.7. The van der Waals surface area contributed by atoms with Gasteiger partial charge in [-0.05, 0) is 226 Å². The summed E-state index contributed by atoms with van der Waals surface area (Å²) in [5.41, 5.74) is 10.6. The van der Waals surface area contributed by atoms with Crippen molar-refractivity contribution in [2.24, 2.45) is 51.8 Å². The second-order valence-corrected chi connectivity index (χ2v) is 26.9. The zero-order chi connectivity index (χ0) is 57.2. The number of hydrogen-bond donors (Lipinski definition) is 7. The van der Waals surface area contributed by atoms with Gasteiger partial charge in [-0.25, -0.2) is 9.59 Å². The molecule has 7 N–H and O–H groups in total. The molecule has 83 heavy (non-hydrogen) atoms. The fourth-order valence-electron chi connectivity index (χ4n) is 17.7. The van der Waals surface area contributed by atoms with Crippen LogP contribution in [0.4, 0.5) is 0 Å². The fourth-order valence-corrected chi connectivity index (χ4v) is 17.7. The minimum absolute atomic E-state index is 0.0257. The molecule has 15 rings (SSSR count). The lowest BCUT2D eigenvalue weighted by molar-refractivity contribution is -0.135. The fraction of sp³-hybridized carbons (Fsp3) is 0.500. The van der Waals surface area contributed by atoms with E-state index in [-0.39, 0.29) is 53.2 Å². The first-order valence-electron chi connectivity index (χ1n) is 31.7. The van der Waals surface area contributed by atoms with Crippen LogP contribution in [-0.2, 0) is 38.4 Å². The smallest absolute Gasteiger partial charge is 0.340 e. The molecule has 14 bridgehead atoms. The number of rotatable bonds is 13. The van der Waals surface area contributed by atoms with Gasteiger partial charge in [0.2, 0.25) is 0 Å². The highest BCUT2D eigenvalue weighted by molar-refractivity contribution is 6.08. The van der Waals surface area contributed by atoms with Gasteiger partial charge in [-0.15, -0.1) is 0 Å². The molecule has 12 unspecified atom stereocenters. The highest BCUT2D eigenvalue weighted by Crippen LogP contribution is 2.77. The standard InChI is InChI=1S/C72H87N5O6/c1-6-45(31-46-11-8-7-9-12-46)35-61-72-28-19-58-63(65(72)69(81)83-61)57-38-54(79)15-16-55(57)49-13-10-14-50(36-49)59-20-27-71(58)26-18-56-60(82-68(80)64(56)67(71)72)21-25-70(53-23-30-76-62(37-53)73-5)24-17-51(39-70)66(77-41-44(4)78)52-33-47(22-29-75-59)32-48(34-52)42-74-40-43(2)3/h7-16,20-21,27,32-36,38,43-45,51,53,58-59,62,66-67,73-79H,6,17-19,22-26,28-31,37,39-42H2,1-5H3. The number of fused-ring (bicyclic) bond motifs is 9. The highest BCUT2D eigenvalue weighted by atomic mass is 16.6. The predicted molar refractivity (Wildman–Crippen MR) is 327 cm³/mol. The van der Waals surface area contributed by atoms with Crippen LogP contribution in [0.1, 0.15) is 144 Å². The van der Waals surface area contributed by atoms with E-state index in [1.54, 1.807) is 6.07 Å². The molecule has 5 aliphatic heterocycles. The molecule has 0 amide bonds. The van der Waals surface area contributed by atoms with Crippen molar-refractivity contribution >= 4 is 17.5 Å². The van der Waals surface area contributed by atoms with Crippen LogP contribution in [0, 0.1) is 51.8 Å². The van der Waals surface area contributed by atoms with Crippen LogP contribution < -0.4 is 26.6 Å². The van der Waals surface area contributed by atoms with Gasteiger partial charge in [-0.2, -0.15) is 0 Å². The molecule has 4 aromatic rings. The first-order chi connectivity index (χ1) is 40.3. The lowest BCUT2D eigenvalue weighted by Gasteiger charge is -2.62. The Balaban J connectivity index is 1.03. The summed E-state index contributed by atoms with van der Waals surface area (Å²) in [6.07, 6.45) is 20.4. The Hall–Kier alpha value is -5.92. The number of aliphatic hydroxyl groups is 1. The zero-order valence-electron chi connectivity index (χ0n) is 49.5. The third-order valence-electron chi connectivity index (χ3n) is 21.5. The average Bonchev–Trinajstić information content (AvgIpc) is 1.66. The molecule has 11 heteroatoms. The van der Waals surface area contributed by atoms with Crippen molar-refractivity contribution in [2.45, 2.75) is 142 Å². The maximum Gasteiger partial charge on any atom is 0.340 e. The summed E-state index contributed by atoms with van der Waals surface area (Å²) < 4.78 is 13.7. The number of carbonyl (C=O) groups excluding carboxylic acids is 2. The summed E-state index contributed by atoms with van der Waals surface area (Å²) in [4.78, 5) is 31.2. The average molecular weight is 1120 g/mol. The van der Waals surface area contributed by atoms with E-state index in [2.05, 4.69) is 152 Å². The van der Waals surface area contributed by atoms with Crippen molar-refractivity contribution in [3.8, 4) is 16.9 Å². The SMILES string of the molecule is CCC(C=C1OC(=O)C2=C3c4cc(O)ccc4-c4cccc(c4)C4C=CC56CCC7=C(C(=O)OC7=CCC7(C8CCNC(NC)C8)CCC(C7)C(NCC(C)O)c7cc(cc(CNCC(C)C)c7)CCN4)C5C12CCC36)Cc1ccccc1. The van der Waals surface area contributed by atoms with Crippen LogP contribution in [0.15, 0.2) is 144 Å². The third-order valence-corrected chi connectivity index (χ3v) is 21.5. The number of hydrogen-bond acceptors (Lipinski definition) is 11. The van der Waals surface area contributed by atoms with Crippen LogP contribution in [0.3, 0.4) is 0 Å². The van der Waals surface area contributed by atoms with Crippen LogP contribution in [0.5, 0.6) is 5.75 Å². The molecule has 2 spiro atoms. The minimum atomic E-state index is -0.988. The summed E-state index contributed by atoms with van der Waals surface area (Å²) in [6.45, 7) is 12.5. The number of aliphatic hydroxyl groups excluding tert-OH is 1. The molecule has 436 valence electrons. The molecule has 5 heterocycles. The maximum atomic E-state index is 15.7. The molecular formula is C72H87N5O6. The number of aromatic hydroxyl groups is 1. The molecule has 11 nitrogen and oxygen atoms in total. The second-order valence-electron chi connectivity index (χ2n) is 26.9. The monoisotopic (exact) mass is 1120 g/mol. The Morgan fingerprint density at radius 1 is 0.819 bits per heavy atom. The summed E-state index contributed by atoms with van der Waals surface area (Å²) in [5.74, 6) is 1.56. The summed E-state index contributed by atoms with van der Waals surface area (Å²) in [6, 6.07) is 32.2. The van der Waals surface area contributed by atoms with E-state index >= 15 is 9.59 Å². The van der Waals surface area contributed by atoms with Gasteiger partial charge in [0.05, 0.1) is 29.3 Å². The molecule has 0 aromatic heterocycles. The van der Waals surface area contributed by atoms with Gasteiger partial charge in [-0.1, -0.05) is 106 Å². The first kappa shape index (κ1) is 56.2. The van der Waals surface area contributed by atoms with Crippen LogP contribution in [-0.4, -0.2) is 67.6 Å². The Morgan fingerprint density at radius 2 is 1.69 bits per heavy atom. The number of ether oxygens (including phenoxy) is 2. The van der Waals surface area contributed by atoms with Gasteiger partial charge in [0.15, 0.2) is 0 Å². The van der Waals surface area contributed by atoms with Gasteiger partial charge in [0.25, 0.3) is 0 Å². The van der Waals surface area contributed by atoms with Crippen molar-refractivity contribution < 1.29 is 29.3 Å². The van der Waals surface area contributed by atoms with Gasteiger partial charge >= 0.3 is 11.9 Å². The van der Waals surface area contributed by atoms with Gasteiger partial charge in [0, 0.05) is 48.2 Å². The lowest BCUT2D eigenvalue weighted by Crippen LogP contribution is -2.58. The number of piperidine rings is 1. The molecule has 0 radical (unpaired) electrons. The van der Waals surface area contributed by atoms with Crippen molar-refractivity contribution in [3.63, 3.8) is 0 Å². The van der Waals surface area contributed by atoms with Gasteiger partial charge < -0.3 is 46.3 Å². The maximum absolute atomic E-state index is 15.7. The minimum Gasteiger partial charge on any atom is -0.508 e. The predicted octanol–water partition coefficient (Wildman–Crippen LogP) is 12.0. The Bertz CT molecular complexity index is 3320. The van der Waals surface area contributed by atoms with E-state index in [0.29, 0.717) is 66.3 Å². The molecule has 2 saturated heterocycles. The van der Waals surface area contributed by atoms with Gasteiger partial charge in [-0.3, -0.25) is 0 Å². The number of phenolic OH excluding ortho intramolecular Hbond substituents is 1. The van der Waals surface area contributed by atoms with Crippen molar-refractivity contribution in [1.82, 2.24) is 26.6 Å². The van der Waals surface area contributed by atoms with Crippen molar-refractivity contribution in [3.05, 3.63) is 177 Å². The number of phenols is 1. The van der Waals surface area contributed by atoms with E-state index in [0.717, 1.165) is 124 Å². The van der Waals surface area contributed by atoms with E-state index < -0.39 is 22.9 Å². The normalized spacial score (nSPS) is 31.9. The Morgan fingerprint density at radius 3 is 2.51 bits per heavy atom. The van der Waals surface area contributed by atoms with E-state index in [1.165, 1.54) is 22.3 Å². The topological polar surface area (TPSA) is 153 Å². The van der Waals surface area contributed by atoms with Crippen molar-refractivity contribution in [2.75, 3.05) is 33.2 Å². The number of cyclic esters (lactones) is 1. The highest BCUT2D eigenvalue weighted by Gasteiger charge is 2.73. The van der Waals surface area contributed by atoms with Crippen molar-refractivity contribution in [1.29, 1.82) is 0 Å². The lowest BCUT2D eigenvalue weighted by atomic mass is 9.38. The van der Waals surface area contributed by atoms with E-state index in [1.807, 2.05) is 19.1 Å². The number of benzene rings is 4. The van der Waals surface area contributed by atoms with Gasteiger partial charge in [0.1, 0.15) is 17.3 Å². The molecule has 11 aliphatic rings. The number of carbonyl (C=O) groups is 2. The first-order valence-corrected chi connectivity index (χ1v) is 31.7. The van der Waals surface area contributed by atoms with Crippen LogP contribution >= 0.6 is 0 Å². The van der Waals surface area contributed by atoms with Crippen LogP contribution in [0.2, 0.25) is 0 Å². The molecule has 4 fully saturated rings. The molecule has 12 atom stereocenters. The molecule has 4 aromatic carbocycles. The molecule has 6 aliphatic carbocycles. The van der Waals surface area contributed by atoms with Crippen LogP contribution in [0.25, 0.3) is 16.7 Å². The summed E-state index contributed by atoms with van der Waals surface area (Å²) in [7, 11) is 2.06. The number of esters is 2. The number of allylic oxidation sites excluding steroid dienone is 6. The largest absolute Gasteiger partial charge is 0.508 e. The third kappa shape index (κ3) is 10.1. The quantitative estimate of drug-likeness (QED) is 0.0506. The second kappa shape index (κ2) is 22.8. The summed E-state index contributed by atoms with van der Waals surface area (Å²) >= 11 is 0. The molecule has 2 saturated carbocycles. The number of nitrogens with one attached hydrogen (secondary N) is 5. The zero-order valence-corrected chi connectivity index (χ0v) is 49.5. The Labute approximate surface area is 492 Å². The Kier molecular flexibility index (Phi) is 15.5. The van der Waals surface area contributed by atoms with E-state index in [9.17, 15) is 10.2 Å².